The topological polar surface area (TPSA) is 150 Å². The van der Waals surface area contributed by atoms with Crippen molar-refractivity contribution in [2.24, 2.45) is 5.73 Å². The van der Waals surface area contributed by atoms with Gasteiger partial charge in [0.1, 0.15) is 23.1 Å². The zero-order valence-electron chi connectivity index (χ0n) is 20.6. The van der Waals surface area contributed by atoms with Crippen LogP contribution in [-0.2, 0) is 4.79 Å². The molecule has 1 heterocycles. The molecule has 4 aromatic rings. The number of nitrogens with zero attached hydrogens (tertiary/aromatic N) is 2. The SMILES string of the molecule is COc1ccc(-c2cc(-c3cccc(NC(=O)CCN)c3)c(C#N)c(NC(=O)c3ccccc3)n2)c(O)c1. The number of benzene rings is 3. The first-order chi connectivity index (χ1) is 18.4. The van der Waals surface area contributed by atoms with Crippen molar-refractivity contribution in [3.8, 4) is 40.0 Å². The van der Waals surface area contributed by atoms with Gasteiger partial charge in [-0.2, -0.15) is 5.26 Å². The first-order valence-corrected chi connectivity index (χ1v) is 11.7. The number of nitrogens with one attached hydrogen (secondary N) is 2. The molecule has 4 rings (SSSR count). The van der Waals surface area contributed by atoms with Gasteiger partial charge in [0, 0.05) is 41.4 Å². The number of nitrogens with two attached hydrogens (primary N) is 1. The Kier molecular flexibility index (Phi) is 7.96. The van der Waals surface area contributed by atoms with Gasteiger partial charge in [-0.15, -0.1) is 0 Å². The predicted molar refractivity (Wildman–Crippen MR) is 145 cm³/mol. The zero-order valence-corrected chi connectivity index (χ0v) is 20.6. The zero-order chi connectivity index (χ0) is 27.1. The van der Waals surface area contributed by atoms with Gasteiger partial charge in [-0.1, -0.05) is 30.3 Å². The van der Waals surface area contributed by atoms with Crippen molar-refractivity contribution in [2.45, 2.75) is 6.42 Å². The van der Waals surface area contributed by atoms with Crippen LogP contribution >= 0.6 is 0 Å². The van der Waals surface area contributed by atoms with Gasteiger partial charge < -0.3 is 26.2 Å². The minimum absolute atomic E-state index is 0.0293. The number of pyridine rings is 1. The Morgan fingerprint density at radius 2 is 1.79 bits per heavy atom. The van der Waals surface area contributed by atoms with Crippen molar-refractivity contribution in [2.75, 3.05) is 24.3 Å². The molecule has 0 aliphatic carbocycles. The number of rotatable bonds is 8. The maximum Gasteiger partial charge on any atom is 0.256 e. The summed E-state index contributed by atoms with van der Waals surface area (Å²) in [6, 6.07) is 24.1. The number of aromatic hydroxyl groups is 1. The molecular weight excluding hydrogens is 482 g/mol. The highest BCUT2D eigenvalue weighted by atomic mass is 16.5. The first kappa shape index (κ1) is 25.9. The molecular formula is C29H25N5O4. The van der Waals surface area contributed by atoms with E-state index in [1.807, 2.05) is 0 Å². The lowest BCUT2D eigenvalue weighted by atomic mass is 9.97. The molecule has 3 aromatic carbocycles. The number of hydrogen-bond donors (Lipinski definition) is 4. The molecule has 5 N–H and O–H groups in total. The fourth-order valence-corrected chi connectivity index (χ4v) is 3.86. The van der Waals surface area contributed by atoms with E-state index >= 15 is 0 Å². The number of anilines is 2. The smallest absolute Gasteiger partial charge is 0.256 e. The average Bonchev–Trinajstić information content (AvgIpc) is 2.93. The highest BCUT2D eigenvalue weighted by Crippen LogP contribution is 2.37. The number of ether oxygens (including phenoxy) is 1. The molecule has 9 heteroatoms. The Bertz CT molecular complexity index is 1530. The number of phenols is 1. The highest BCUT2D eigenvalue weighted by Gasteiger charge is 2.20. The Morgan fingerprint density at radius 1 is 1.00 bits per heavy atom. The number of aromatic nitrogens is 1. The molecule has 0 radical (unpaired) electrons. The molecule has 0 fully saturated rings. The van der Waals surface area contributed by atoms with Crippen molar-refractivity contribution in [1.29, 1.82) is 5.26 Å². The summed E-state index contributed by atoms with van der Waals surface area (Å²) in [4.78, 5) is 29.6. The molecule has 38 heavy (non-hydrogen) atoms. The summed E-state index contributed by atoms with van der Waals surface area (Å²) in [5.41, 5.74) is 8.25. The molecule has 190 valence electrons. The van der Waals surface area contributed by atoms with Gasteiger partial charge in [0.05, 0.1) is 12.8 Å². The number of nitriles is 1. The molecule has 0 saturated carbocycles. The largest absolute Gasteiger partial charge is 0.507 e. The molecule has 9 nitrogen and oxygen atoms in total. The number of phenolic OH excluding ortho intramolecular Hbond substituents is 1. The summed E-state index contributed by atoms with van der Waals surface area (Å²) in [6.45, 7) is 0.216. The molecule has 0 aliphatic heterocycles. The Morgan fingerprint density at radius 3 is 2.47 bits per heavy atom. The maximum atomic E-state index is 13.0. The Labute approximate surface area is 219 Å². The van der Waals surface area contributed by atoms with Crippen LogP contribution in [-0.4, -0.2) is 35.6 Å². The number of carbonyl (C=O) groups excluding carboxylic acids is 2. The van der Waals surface area contributed by atoms with Crippen molar-refractivity contribution in [1.82, 2.24) is 4.98 Å². The van der Waals surface area contributed by atoms with Crippen LogP contribution in [0.2, 0.25) is 0 Å². The van der Waals surface area contributed by atoms with E-state index < -0.39 is 5.91 Å². The molecule has 2 amide bonds. The molecule has 0 aliphatic rings. The first-order valence-electron chi connectivity index (χ1n) is 11.7. The van der Waals surface area contributed by atoms with E-state index in [-0.39, 0.29) is 36.0 Å². The van der Waals surface area contributed by atoms with Crippen LogP contribution in [0.1, 0.15) is 22.3 Å². The number of amides is 2. The number of carbonyl (C=O) groups is 2. The molecule has 0 atom stereocenters. The summed E-state index contributed by atoms with van der Waals surface area (Å²) >= 11 is 0. The quantitative estimate of drug-likeness (QED) is 0.273. The fourth-order valence-electron chi connectivity index (χ4n) is 3.86. The average molecular weight is 508 g/mol. The van der Waals surface area contributed by atoms with Crippen molar-refractivity contribution < 1.29 is 19.4 Å². The van der Waals surface area contributed by atoms with Crippen LogP contribution in [0.3, 0.4) is 0 Å². The second-order valence-electron chi connectivity index (χ2n) is 8.26. The monoisotopic (exact) mass is 507 g/mol. The summed E-state index contributed by atoms with van der Waals surface area (Å²) in [6.07, 6.45) is 0.166. The van der Waals surface area contributed by atoms with Gasteiger partial charge in [-0.25, -0.2) is 4.98 Å². The Hall–Kier alpha value is -5.20. The minimum Gasteiger partial charge on any atom is -0.507 e. The standard InChI is InChI=1S/C29H25N5O4/c1-38-21-10-11-22(26(35)15-21)25-16-23(19-8-5-9-20(14-19)32-27(36)12-13-30)24(17-31)28(33-25)34-29(37)18-6-3-2-4-7-18/h2-11,14-16,35H,12-13,30H2,1H3,(H,32,36)(H,33,34,37). The Balaban J connectivity index is 1.86. The number of hydrogen-bond acceptors (Lipinski definition) is 7. The van der Waals surface area contributed by atoms with Crippen LogP contribution < -0.4 is 21.1 Å². The second kappa shape index (κ2) is 11.7. The van der Waals surface area contributed by atoms with Gasteiger partial charge >= 0.3 is 0 Å². The fraction of sp³-hybridized carbons (Fsp3) is 0.103. The summed E-state index contributed by atoms with van der Waals surface area (Å²) in [5.74, 6) is -0.282. The lowest BCUT2D eigenvalue weighted by molar-refractivity contribution is -0.116. The van der Waals surface area contributed by atoms with E-state index in [0.717, 1.165) is 0 Å². The lowest BCUT2D eigenvalue weighted by Crippen LogP contribution is -2.16. The summed E-state index contributed by atoms with van der Waals surface area (Å²) in [5, 5.41) is 26.3. The third kappa shape index (κ3) is 5.78. The van der Waals surface area contributed by atoms with E-state index in [1.165, 1.54) is 13.2 Å². The van der Waals surface area contributed by atoms with Crippen molar-refractivity contribution >= 4 is 23.3 Å². The van der Waals surface area contributed by atoms with E-state index in [4.69, 9.17) is 10.5 Å². The summed E-state index contributed by atoms with van der Waals surface area (Å²) < 4.78 is 5.18. The molecule has 0 bridgehead atoms. The van der Waals surface area contributed by atoms with E-state index in [0.29, 0.717) is 39.4 Å². The van der Waals surface area contributed by atoms with Gasteiger partial charge in [-0.3, -0.25) is 9.59 Å². The van der Waals surface area contributed by atoms with E-state index in [2.05, 4.69) is 21.7 Å². The lowest BCUT2D eigenvalue weighted by Gasteiger charge is -2.15. The van der Waals surface area contributed by atoms with Crippen LogP contribution in [0, 0.1) is 11.3 Å². The van der Waals surface area contributed by atoms with Crippen LogP contribution in [0.4, 0.5) is 11.5 Å². The maximum absolute atomic E-state index is 13.0. The predicted octanol–water partition coefficient (Wildman–Crippen LogP) is 4.54. The second-order valence-corrected chi connectivity index (χ2v) is 8.26. The van der Waals surface area contributed by atoms with Crippen molar-refractivity contribution in [3.05, 3.63) is 90.0 Å². The van der Waals surface area contributed by atoms with Gasteiger partial charge in [0.15, 0.2) is 5.82 Å². The third-order valence-corrected chi connectivity index (χ3v) is 5.71. The van der Waals surface area contributed by atoms with Crippen molar-refractivity contribution in [3.63, 3.8) is 0 Å². The van der Waals surface area contributed by atoms with Crippen LogP contribution in [0.25, 0.3) is 22.4 Å². The molecule has 0 unspecified atom stereocenters. The minimum atomic E-state index is -0.445. The van der Waals surface area contributed by atoms with Gasteiger partial charge in [0.25, 0.3) is 5.91 Å². The molecule has 0 saturated heterocycles. The molecule has 1 aromatic heterocycles. The van der Waals surface area contributed by atoms with Crippen LogP contribution in [0.15, 0.2) is 78.9 Å². The third-order valence-electron chi connectivity index (χ3n) is 5.71. The van der Waals surface area contributed by atoms with Crippen LogP contribution in [0.5, 0.6) is 11.5 Å². The normalized spacial score (nSPS) is 10.3. The number of methoxy groups -OCH3 is 1. The summed E-state index contributed by atoms with van der Waals surface area (Å²) in [7, 11) is 1.49. The van der Waals surface area contributed by atoms with Gasteiger partial charge in [0.2, 0.25) is 5.91 Å². The van der Waals surface area contributed by atoms with E-state index in [9.17, 15) is 20.0 Å². The van der Waals surface area contributed by atoms with Gasteiger partial charge in [-0.05, 0) is 48.0 Å². The molecule has 0 spiro atoms. The highest BCUT2D eigenvalue weighted by molar-refractivity contribution is 6.05. The van der Waals surface area contributed by atoms with E-state index in [1.54, 1.807) is 72.8 Å².